The quantitative estimate of drug-likeness (QED) is 0.530. The number of hydrogen-bond acceptors (Lipinski definition) is 5. The number of aromatic hydroxyl groups is 1. The van der Waals surface area contributed by atoms with Crippen LogP contribution in [-0.4, -0.2) is 32.2 Å². The summed E-state index contributed by atoms with van der Waals surface area (Å²) in [5, 5.41) is 13.6. The molecule has 0 heterocycles. The van der Waals surface area contributed by atoms with Crippen molar-refractivity contribution in [3.63, 3.8) is 0 Å². The zero-order valence-corrected chi connectivity index (χ0v) is 13.9. The number of hydrazone groups is 1. The maximum atomic E-state index is 12.0. The highest BCUT2D eigenvalue weighted by molar-refractivity contribution is 7.89. The molecule has 0 radical (unpaired) electrons. The number of hydrogen-bond donors (Lipinski definition) is 3. The molecule has 126 valence electrons. The highest BCUT2D eigenvalue weighted by Gasteiger charge is 2.15. The Balaban J connectivity index is 1.89. The van der Waals surface area contributed by atoms with Crippen LogP contribution in [0, 0.1) is 0 Å². The van der Waals surface area contributed by atoms with Crippen molar-refractivity contribution in [3.05, 3.63) is 59.1 Å². The van der Waals surface area contributed by atoms with E-state index in [0.717, 1.165) is 0 Å². The molecule has 2 rings (SSSR count). The van der Waals surface area contributed by atoms with Gasteiger partial charge in [0, 0.05) is 10.6 Å². The number of carbonyl (C=O) groups excluding carboxylic acids is 1. The van der Waals surface area contributed by atoms with Crippen LogP contribution in [0.3, 0.4) is 0 Å². The summed E-state index contributed by atoms with van der Waals surface area (Å²) in [5.74, 6) is -0.641. The highest BCUT2D eigenvalue weighted by atomic mass is 35.5. The molecule has 9 heteroatoms. The van der Waals surface area contributed by atoms with E-state index in [0.29, 0.717) is 10.6 Å². The number of carbonyl (C=O) groups is 1. The average molecular weight is 368 g/mol. The van der Waals surface area contributed by atoms with Gasteiger partial charge in [-0.2, -0.15) is 5.10 Å². The van der Waals surface area contributed by atoms with Crippen LogP contribution in [0.25, 0.3) is 0 Å². The van der Waals surface area contributed by atoms with Crippen molar-refractivity contribution in [3.8, 4) is 5.75 Å². The Bertz CT molecular complexity index is 851. The van der Waals surface area contributed by atoms with E-state index < -0.39 is 22.5 Å². The fourth-order valence-corrected chi connectivity index (χ4v) is 2.78. The van der Waals surface area contributed by atoms with Gasteiger partial charge in [0.05, 0.1) is 17.7 Å². The molecular weight excluding hydrogens is 354 g/mol. The number of amides is 1. The fraction of sp³-hybridized carbons (Fsp3) is 0.0667. The van der Waals surface area contributed by atoms with E-state index in [4.69, 9.17) is 11.6 Å². The predicted molar refractivity (Wildman–Crippen MR) is 90.5 cm³/mol. The molecule has 24 heavy (non-hydrogen) atoms. The largest absolute Gasteiger partial charge is 0.507 e. The van der Waals surface area contributed by atoms with Gasteiger partial charge in [-0.3, -0.25) is 4.79 Å². The van der Waals surface area contributed by atoms with Gasteiger partial charge in [-0.1, -0.05) is 23.7 Å². The van der Waals surface area contributed by atoms with E-state index in [-0.39, 0.29) is 10.6 Å². The molecule has 0 unspecified atom stereocenters. The van der Waals surface area contributed by atoms with E-state index in [1.165, 1.54) is 36.5 Å². The average Bonchev–Trinajstić information content (AvgIpc) is 2.55. The number of rotatable bonds is 6. The number of nitrogens with zero attached hydrogens (tertiary/aromatic N) is 1. The monoisotopic (exact) mass is 367 g/mol. The fourth-order valence-electron chi connectivity index (χ4n) is 1.67. The first-order valence-corrected chi connectivity index (χ1v) is 8.60. The van der Waals surface area contributed by atoms with Crippen LogP contribution < -0.4 is 10.1 Å². The van der Waals surface area contributed by atoms with Crippen LogP contribution in [0.2, 0.25) is 5.02 Å². The molecule has 2 aromatic carbocycles. The smallest absolute Gasteiger partial charge is 0.255 e. The predicted octanol–water partition coefficient (Wildman–Crippen LogP) is 1.47. The maximum absolute atomic E-state index is 12.0. The van der Waals surface area contributed by atoms with E-state index in [1.54, 1.807) is 18.2 Å². The first-order chi connectivity index (χ1) is 11.4. The third-order valence-corrected chi connectivity index (χ3v) is 4.55. The highest BCUT2D eigenvalue weighted by Crippen LogP contribution is 2.14. The van der Waals surface area contributed by atoms with Gasteiger partial charge >= 0.3 is 0 Å². The van der Waals surface area contributed by atoms with Crippen molar-refractivity contribution >= 4 is 33.7 Å². The van der Waals surface area contributed by atoms with Crippen molar-refractivity contribution in [1.82, 2.24) is 10.1 Å². The van der Waals surface area contributed by atoms with Crippen molar-refractivity contribution in [2.45, 2.75) is 4.90 Å². The number of phenolic OH excluding ortho intramolecular Hbond substituents is 1. The zero-order valence-electron chi connectivity index (χ0n) is 12.3. The minimum Gasteiger partial charge on any atom is -0.507 e. The Labute approximate surface area is 144 Å². The van der Waals surface area contributed by atoms with E-state index in [1.807, 2.05) is 0 Å². The number of benzene rings is 2. The summed E-state index contributed by atoms with van der Waals surface area (Å²) in [4.78, 5) is 11.6. The van der Waals surface area contributed by atoms with E-state index in [9.17, 15) is 18.3 Å². The molecule has 0 aliphatic rings. The summed E-state index contributed by atoms with van der Waals surface area (Å²) in [7, 11) is -3.82. The summed E-state index contributed by atoms with van der Waals surface area (Å²) in [6.07, 6.45) is 1.25. The molecule has 7 nitrogen and oxygen atoms in total. The number of nitrogens with one attached hydrogen (secondary N) is 2. The van der Waals surface area contributed by atoms with Gasteiger partial charge in [0.15, 0.2) is 0 Å². The van der Waals surface area contributed by atoms with Gasteiger partial charge in [0.25, 0.3) is 5.91 Å². The minimum absolute atomic E-state index is 0.00240. The summed E-state index contributed by atoms with van der Waals surface area (Å²) in [6.45, 7) is -0.483. The molecule has 0 bridgehead atoms. The maximum Gasteiger partial charge on any atom is 0.255 e. The van der Waals surface area contributed by atoms with Crippen LogP contribution in [-0.2, 0) is 14.8 Å². The van der Waals surface area contributed by atoms with Crippen molar-refractivity contribution in [2.24, 2.45) is 5.10 Å². The number of para-hydroxylation sites is 1. The Morgan fingerprint density at radius 3 is 2.50 bits per heavy atom. The second-order valence-corrected chi connectivity index (χ2v) is 6.83. The van der Waals surface area contributed by atoms with Crippen LogP contribution in [0.5, 0.6) is 5.75 Å². The number of halogens is 1. The number of phenols is 1. The van der Waals surface area contributed by atoms with Crippen LogP contribution in [0.4, 0.5) is 0 Å². The first kappa shape index (κ1) is 17.9. The molecule has 1 amide bonds. The van der Waals surface area contributed by atoms with Crippen LogP contribution >= 0.6 is 11.6 Å². The minimum atomic E-state index is -3.82. The Morgan fingerprint density at radius 1 is 1.17 bits per heavy atom. The van der Waals surface area contributed by atoms with Gasteiger partial charge < -0.3 is 5.11 Å². The Hall–Kier alpha value is -2.42. The van der Waals surface area contributed by atoms with Crippen molar-refractivity contribution < 1.29 is 18.3 Å². The van der Waals surface area contributed by atoms with E-state index >= 15 is 0 Å². The molecule has 0 aliphatic carbocycles. The summed E-state index contributed by atoms with van der Waals surface area (Å²) >= 11 is 5.70. The van der Waals surface area contributed by atoms with Crippen molar-refractivity contribution in [2.75, 3.05) is 6.54 Å². The topological polar surface area (TPSA) is 108 Å². The molecule has 0 saturated carbocycles. The lowest BCUT2D eigenvalue weighted by atomic mass is 10.2. The molecule has 3 N–H and O–H groups in total. The molecule has 2 aromatic rings. The second-order valence-electron chi connectivity index (χ2n) is 4.63. The van der Waals surface area contributed by atoms with Crippen molar-refractivity contribution in [1.29, 1.82) is 0 Å². The van der Waals surface area contributed by atoms with Crippen LogP contribution in [0.15, 0.2) is 58.5 Å². The molecule has 0 spiro atoms. The standard InChI is InChI=1S/C15H14ClN3O4S/c16-12-5-7-13(8-6-12)24(22,23)18-10-15(21)19-17-9-11-3-1-2-4-14(11)20/h1-9,18,20H,10H2,(H,19,21)/b17-9+. The third kappa shape index (κ3) is 5.05. The second kappa shape index (κ2) is 7.91. The van der Waals surface area contributed by atoms with Gasteiger partial charge in [-0.15, -0.1) is 0 Å². The van der Waals surface area contributed by atoms with Gasteiger partial charge in [0.1, 0.15) is 5.75 Å². The first-order valence-electron chi connectivity index (χ1n) is 6.73. The lowest BCUT2D eigenvalue weighted by Crippen LogP contribution is -2.34. The number of sulfonamides is 1. The third-order valence-electron chi connectivity index (χ3n) is 2.88. The van der Waals surface area contributed by atoms with Gasteiger partial charge in [-0.05, 0) is 36.4 Å². The Kier molecular flexibility index (Phi) is 5.91. The zero-order chi connectivity index (χ0) is 17.6. The van der Waals surface area contributed by atoms with Gasteiger partial charge in [0.2, 0.25) is 10.0 Å². The summed E-state index contributed by atoms with van der Waals surface area (Å²) in [6, 6.07) is 12.0. The summed E-state index contributed by atoms with van der Waals surface area (Å²) < 4.78 is 26.1. The Morgan fingerprint density at radius 2 is 1.83 bits per heavy atom. The molecule has 0 atom stereocenters. The van der Waals surface area contributed by atoms with Gasteiger partial charge in [-0.25, -0.2) is 18.6 Å². The molecule has 0 saturated heterocycles. The molecular formula is C15H14ClN3O4S. The summed E-state index contributed by atoms with van der Waals surface area (Å²) in [5.41, 5.74) is 2.58. The van der Waals surface area contributed by atoms with E-state index in [2.05, 4.69) is 15.2 Å². The SMILES string of the molecule is O=C(CNS(=O)(=O)c1ccc(Cl)cc1)N/N=C/c1ccccc1O. The molecule has 0 fully saturated rings. The molecule has 0 aromatic heterocycles. The van der Waals surface area contributed by atoms with Crippen LogP contribution in [0.1, 0.15) is 5.56 Å². The molecule has 0 aliphatic heterocycles. The lowest BCUT2D eigenvalue weighted by Gasteiger charge is -2.06. The lowest BCUT2D eigenvalue weighted by molar-refractivity contribution is -0.119. The normalized spacial score (nSPS) is 11.5.